The van der Waals surface area contributed by atoms with Gasteiger partial charge in [-0.2, -0.15) is 0 Å². The first-order valence-electron chi connectivity index (χ1n) is 9.18. The molecule has 1 aromatic carbocycles. The summed E-state index contributed by atoms with van der Waals surface area (Å²) in [5, 5.41) is 8.67. The van der Waals surface area contributed by atoms with E-state index in [9.17, 15) is 9.59 Å². The molecule has 1 aliphatic rings. The molecule has 0 radical (unpaired) electrons. The molecule has 0 unspecified atom stereocenters. The SMILES string of the molecule is C#CCNC(=O)[C@H](C)Nc1ccc(NC(=O)CN2CCCCCC2)cc1. The van der Waals surface area contributed by atoms with Gasteiger partial charge in [-0.15, -0.1) is 6.42 Å². The molecule has 2 rings (SSSR count). The van der Waals surface area contributed by atoms with Crippen molar-refractivity contribution in [1.29, 1.82) is 0 Å². The molecule has 1 atom stereocenters. The summed E-state index contributed by atoms with van der Waals surface area (Å²) in [6.07, 6.45) is 9.98. The molecule has 0 bridgehead atoms. The van der Waals surface area contributed by atoms with Crippen LogP contribution < -0.4 is 16.0 Å². The number of amides is 2. The Hall–Kier alpha value is -2.52. The lowest BCUT2D eigenvalue weighted by Crippen LogP contribution is -2.37. The van der Waals surface area contributed by atoms with Crippen LogP contribution in [-0.4, -0.2) is 48.9 Å². The molecule has 0 spiro atoms. The van der Waals surface area contributed by atoms with Gasteiger partial charge in [0.1, 0.15) is 6.04 Å². The zero-order valence-corrected chi connectivity index (χ0v) is 15.4. The minimum Gasteiger partial charge on any atom is -0.374 e. The fourth-order valence-corrected chi connectivity index (χ4v) is 2.95. The summed E-state index contributed by atoms with van der Waals surface area (Å²) in [5.41, 5.74) is 1.55. The van der Waals surface area contributed by atoms with Crippen LogP contribution in [0.5, 0.6) is 0 Å². The van der Waals surface area contributed by atoms with Gasteiger partial charge in [0.15, 0.2) is 0 Å². The lowest BCUT2D eigenvalue weighted by Gasteiger charge is -2.19. The minimum atomic E-state index is -0.396. The van der Waals surface area contributed by atoms with E-state index < -0.39 is 6.04 Å². The van der Waals surface area contributed by atoms with Crippen LogP contribution in [0.3, 0.4) is 0 Å². The number of carbonyl (C=O) groups is 2. The third-order valence-corrected chi connectivity index (χ3v) is 4.38. The summed E-state index contributed by atoms with van der Waals surface area (Å²) in [7, 11) is 0. The monoisotopic (exact) mass is 356 g/mol. The average molecular weight is 356 g/mol. The number of nitrogens with zero attached hydrogens (tertiary/aromatic N) is 1. The van der Waals surface area contributed by atoms with Crippen LogP contribution in [-0.2, 0) is 9.59 Å². The number of likely N-dealkylation sites (tertiary alicyclic amines) is 1. The Kier molecular flexibility index (Phi) is 7.97. The summed E-state index contributed by atoms with van der Waals surface area (Å²) in [6.45, 7) is 4.41. The van der Waals surface area contributed by atoms with Gasteiger partial charge in [-0.25, -0.2) is 0 Å². The third kappa shape index (κ3) is 6.77. The molecule has 1 aliphatic heterocycles. The highest BCUT2D eigenvalue weighted by molar-refractivity contribution is 5.92. The van der Waals surface area contributed by atoms with Gasteiger partial charge >= 0.3 is 0 Å². The zero-order valence-electron chi connectivity index (χ0n) is 15.4. The first kappa shape index (κ1) is 19.8. The summed E-state index contributed by atoms with van der Waals surface area (Å²) in [5.74, 6) is 2.23. The van der Waals surface area contributed by atoms with Crippen molar-refractivity contribution in [3.63, 3.8) is 0 Å². The largest absolute Gasteiger partial charge is 0.374 e. The van der Waals surface area contributed by atoms with E-state index in [4.69, 9.17) is 6.42 Å². The van der Waals surface area contributed by atoms with E-state index >= 15 is 0 Å². The highest BCUT2D eigenvalue weighted by atomic mass is 16.2. The fourth-order valence-electron chi connectivity index (χ4n) is 2.95. The van der Waals surface area contributed by atoms with Crippen molar-refractivity contribution in [2.75, 3.05) is 36.8 Å². The first-order valence-corrected chi connectivity index (χ1v) is 9.18. The number of hydrogen-bond donors (Lipinski definition) is 3. The van der Waals surface area contributed by atoms with Crippen molar-refractivity contribution in [2.45, 2.75) is 38.6 Å². The van der Waals surface area contributed by atoms with Gasteiger partial charge in [0, 0.05) is 11.4 Å². The molecule has 0 saturated carbocycles. The number of terminal acetylenes is 1. The number of anilines is 2. The third-order valence-electron chi connectivity index (χ3n) is 4.38. The van der Waals surface area contributed by atoms with Crippen molar-refractivity contribution >= 4 is 23.2 Å². The lowest BCUT2D eigenvalue weighted by atomic mass is 10.2. The number of rotatable bonds is 7. The average Bonchev–Trinajstić information content (AvgIpc) is 2.89. The summed E-state index contributed by atoms with van der Waals surface area (Å²) in [6, 6.07) is 6.94. The van der Waals surface area contributed by atoms with E-state index in [1.165, 1.54) is 25.7 Å². The van der Waals surface area contributed by atoms with Crippen molar-refractivity contribution in [2.24, 2.45) is 0 Å². The Morgan fingerprint density at radius 3 is 2.35 bits per heavy atom. The Morgan fingerprint density at radius 1 is 1.12 bits per heavy atom. The van der Waals surface area contributed by atoms with Crippen molar-refractivity contribution in [3.8, 4) is 12.3 Å². The smallest absolute Gasteiger partial charge is 0.242 e. The second kappa shape index (κ2) is 10.5. The summed E-state index contributed by atoms with van der Waals surface area (Å²) >= 11 is 0. The van der Waals surface area contributed by atoms with Crippen molar-refractivity contribution in [3.05, 3.63) is 24.3 Å². The van der Waals surface area contributed by atoms with Crippen LogP contribution in [0.1, 0.15) is 32.6 Å². The fraction of sp³-hybridized carbons (Fsp3) is 0.500. The van der Waals surface area contributed by atoms with E-state index in [0.717, 1.165) is 24.5 Å². The van der Waals surface area contributed by atoms with Crippen molar-refractivity contribution < 1.29 is 9.59 Å². The predicted molar refractivity (Wildman–Crippen MR) is 105 cm³/mol. The van der Waals surface area contributed by atoms with E-state index in [1.807, 2.05) is 24.3 Å². The van der Waals surface area contributed by atoms with Gasteiger partial charge in [-0.3, -0.25) is 14.5 Å². The zero-order chi connectivity index (χ0) is 18.8. The lowest BCUT2D eigenvalue weighted by molar-refractivity contribution is -0.121. The number of benzene rings is 1. The molecule has 0 aliphatic carbocycles. The number of hydrogen-bond acceptors (Lipinski definition) is 4. The summed E-state index contributed by atoms with van der Waals surface area (Å²) in [4.78, 5) is 26.2. The standard InChI is InChI=1S/C20H28N4O2/c1-3-12-21-20(26)16(2)22-17-8-10-18(11-9-17)23-19(25)15-24-13-6-4-5-7-14-24/h1,8-11,16,22H,4-7,12-15H2,2H3,(H,21,26)(H,23,25)/t16-/m0/s1. The molecule has 1 saturated heterocycles. The van der Waals surface area contributed by atoms with Gasteiger partial charge in [0.25, 0.3) is 0 Å². The molecule has 26 heavy (non-hydrogen) atoms. The molecular formula is C20H28N4O2. The summed E-state index contributed by atoms with van der Waals surface area (Å²) < 4.78 is 0. The normalized spacial score (nSPS) is 16.0. The molecule has 140 valence electrons. The second-order valence-corrected chi connectivity index (χ2v) is 6.60. The Labute approximate surface area is 155 Å². The number of nitrogens with one attached hydrogen (secondary N) is 3. The molecule has 6 heteroatoms. The maximum Gasteiger partial charge on any atom is 0.242 e. The van der Waals surface area contributed by atoms with Crippen LogP contribution >= 0.6 is 0 Å². The van der Waals surface area contributed by atoms with Gasteiger partial charge < -0.3 is 16.0 Å². The van der Waals surface area contributed by atoms with E-state index in [2.05, 4.69) is 26.8 Å². The highest BCUT2D eigenvalue weighted by Crippen LogP contribution is 2.15. The van der Waals surface area contributed by atoms with Gasteiger partial charge in [0.05, 0.1) is 13.1 Å². The highest BCUT2D eigenvalue weighted by Gasteiger charge is 2.14. The van der Waals surface area contributed by atoms with Crippen LogP contribution in [0.2, 0.25) is 0 Å². The van der Waals surface area contributed by atoms with Crippen molar-refractivity contribution in [1.82, 2.24) is 10.2 Å². The quantitative estimate of drug-likeness (QED) is 0.654. The Bertz CT molecular complexity index is 628. The second-order valence-electron chi connectivity index (χ2n) is 6.60. The predicted octanol–water partition coefficient (Wildman–Crippen LogP) is 2.05. The number of carbonyl (C=O) groups excluding carboxylic acids is 2. The van der Waals surface area contributed by atoms with Gasteiger partial charge in [-0.1, -0.05) is 18.8 Å². The van der Waals surface area contributed by atoms with Crippen LogP contribution in [0.4, 0.5) is 11.4 Å². The topological polar surface area (TPSA) is 73.5 Å². The maximum atomic E-state index is 12.2. The van der Waals surface area contributed by atoms with Crippen LogP contribution in [0.15, 0.2) is 24.3 Å². The molecule has 1 fully saturated rings. The maximum absolute atomic E-state index is 12.2. The molecule has 0 aromatic heterocycles. The van der Waals surface area contributed by atoms with Gasteiger partial charge in [-0.05, 0) is 57.1 Å². The molecule has 1 aromatic rings. The van der Waals surface area contributed by atoms with Crippen LogP contribution in [0, 0.1) is 12.3 Å². The first-order chi connectivity index (χ1) is 12.6. The Morgan fingerprint density at radius 2 is 1.73 bits per heavy atom. The molecular weight excluding hydrogens is 328 g/mol. The molecule has 2 amide bonds. The Balaban J connectivity index is 1.80. The molecule has 3 N–H and O–H groups in total. The molecule has 1 heterocycles. The van der Waals surface area contributed by atoms with E-state index in [-0.39, 0.29) is 18.4 Å². The van der Waals surface area contributed by atoms with E-state index in [1.54, 1.807) is 6.92 Å². The van der Waals surface area contributed by atoms with E-state index in [0.29, 0.717) is 6.54 Å². The molecule has 6 nitrogen and oxygen atoms in total. The van der Waals surface area contributed by atoms with Crippen LogP contribution in [0.25, 0.3) is 0 Å². The van der Waals surface area contributed by atoms with Gasteiger partial charge in [0.2, 0.25) is 11.8 Å². The minimum absolute atomic E-state index is 0.00893.